The van der Waals surface area contributed by atoms with Gasteiger partial charge in [-0.15, -0.1) is 0 Å². The largest absolute Gasteiger partial charge is 0.354 e. The quantitative estimate of drug-likeness (QED) is 0.472. The van der Waals surface area contributed by atoms with E-state index in [0.717, 1.165) is 48.5 Å². The van der Waals surface area contributed by atoms with Gasteiger partial charge in [0.2, 0.25) is 0 Å². The minimum atomic E-state index is 0.415. The van der Waals surface area contributed by atoms with Crippen molar-refractivity contribution in [3.63, 3.8) is 0 Å². The first-order chi connectivity index (χ1) is 14.6. The topological polar surface area (TPSA) is 71.8 Å². The number of aryl methyl sites for hydroxylation is 1. The van der Waals surface area contributed by atoms with E-state index in [4.69, 9.17) is 33.2 Å². The summed E-state index contributed by atoms with van der Waals surface area (Å²) in [5.74, 6) is 2.72. The summed E-state index contributed by atoms with van der Waals surface area (Å²) in [6.07, 6.45) is 3.85. The van der Waals surface area contributed by atoms with Crippen molar-refractivity contribution >= 4 is 51.7 Å². The molecule has 0 atom stereocenters. The highest BCUT2D eigenvalue weighted by Crippen LogP contribution is 2.32. The summed E-state index contributed by atoms with van der Waals surface area (Å²) in [6.45, 7) is 3.84. The van der Waals surface area contributed by atoms with Gasteiger partial charge in [-0.1, -0.05) is 35.3 Å². The molecule has 5 rings (SSSR count). The molecule has 9 heteroatoms. The average molecular weight is 440 g/mol. The van der Waals surface area contributed by atoms with Crippen LogP contribution in [-0.4, -0.2) is 37.8 Å². The number of nitrogens with zero attached hydrogens (tertiary/aromatic N) is 6. The maximum atomic E-state index is 6.39. The summed E-state index contributed by atoms with van der Waals surface area (Å²) in [5, 5.41) is 8.87. The fraction of sp³-hybridized carbons (Fsp3) is 0.238. The zero-order chi connectivity index (χ0) is 20.7. The Balaban J connectivity index is 1.61. The van der Waals surface area contributed by atoms with Gasteiger partial charge >= 0.3 is 0 Å². The van der Waals surface area contributed by atoms with Gasteiger partial charge < -0.3 is 10.2 Å². The molecule has 0 spiro atoms. The highest BCUT2D eigenvalue weighted by Gasteiger charge is 2.21. The molecule has 30 heavy (non-hydrogen) atoms. The van der Waals surface area contributed by atoms with Crippen LogP contribution in [0.1, 0.15) is 18.5 Å². The molecule has 0 unspecified atom stereocenters. The molecule has 1 saturated heterocycles. The Morgan fingerprint density at radius 2 is 1.70 bits per heavy atom. The first-order valence-electron chi connectivity index (χ1n) is 9.75. The summed E-state index contributed by atoms with van der Waals surface area (Å²) >= 11 is 12.4. The Kier molecular flexibility index (Phi) is 4.92. The molecule has 1 N–H and O–H groups in total. The number of para-hydroxylation sites is 2. The van der Waals surface area contributed by atoms with Crippen LogP contribution in [0.15, 0.2) is 42.6 Å². The van der Waals surface area contributed by atoms with Crippen molar-refractivity contribution in [2.24, 2.45) is 0 Å². The van der Waals surface area contributed by atoms with Crippen LogP contribution in [0.4, 0.5) is 17.5 Å². The molecule has 1 aliphatic heterocycles. The minimum Gasteiger partial charge on any atom is -0.354 e. The second-order valence-electron chi connectivity index (χ2n) is 7.25. The summed E-state index contributed by atoms with van der Waals surface area (Å²) in [5.41, 5.74) is 2.52. The molecule has 3 aromatic heterocycles. The van der Waals surface area contributed by atoms with E-state index in [1.807, 2.05) is 37.3 Å². The van der Waals surface area contributed by atoms with E-state index in [1.165, 1.54) is 0 Å². The van der Waals surface area contributed by atoms with E-state index in [0.29, 0.717) is 27.5 Å². The average Bonchev–Trinajstić information content (AvgIpc) is 3.38. The molecule has 152 valence electrons. The van der Waals surface area contributed by atoms with E-state index in [9.17, 15) is 0 Å². The zero-order valence-corrected chi connectivity index (χ0v) is 17.8. The van der Waals surface area contributed by atoms with Crippen LogP contribution in [0.3, 0.4) is 0 Å². The molecular weight excluding hydrogens is 421 g/mol. The van der Waals surface area contributed by atoms with Gasteiger partial charge in [0, 0.05) is 25.4 Å². The van der Waals surface area contributed by atoms with Crippen LogP contribution in [-0.2, 0) is 0 Å². The first kappa shape index (κ1) is 19.1. The normalized spacial score (nSPS) is 13.9. The maximum absolute atomic E-state index is 6.39. The number of hydrogen-bond acceptors (Lipinski definition) is 6. The van der Waals surface area contributed by atoms with Crippen LogP contribution in [0.25, 0.3) is 16.9 Å². The predicted molar refractivity (Wildman–Crippen MR) is 120 cm³/mol. The Morgan fingerprint density at radius 1 is 0.967 bits per heavy atom. The summed E-state index contributed by atoms with van der Waals surface area (Å²) in [4.78, 5) is 16.4. The lowest BCUT2D eigenvalue weighted by atomic mass is 10.3. The van der Waals surface area contributed by atoms with Crippen molar-refractivity contribution in [1.29, 1.82) is 0 Å². The molecule has 0 bridgehead atoms. The third kappa shape index (κ3) is 3.55. The van der Waals surface area contributed by atoms with Crippen LogP contribution in [0.2, 0.25) is 10.0 Å². The van der Waals surface area contributed by atoms with Crippen molar-refractivity contribution in [3.8, 4) is 5.82 Å². The molecule has 1 aliphatic rings. The van der Waals surface area contributed by atoms with Crippen LogP contribution in [0.5, 0.6) is 0 Å². The molecule has 0 radical (unpaired) electrons. The zero-order valence-electron chi connectivity index (χ0n) is 16.3. The second-order valence-corrected chi connectivity index (χ2v) is 8.09. The van der Waals surface area contributed by atoms with Crippen molar-refractivity contribution < 1.29 is 0 Å². The molecule has 0 amide bonds. The third-order valence-electron chi connectivity index (χ3n) is 5.02. The molecule has 1 fully saturated rings. The smallest absolute Gasteiger partial charge is 0.175 e. The van der Waals surface area contributed by atoms with Gasteiger partial charge in [0.25, 0.3) is 0 Å². The Hall–Kier alpha value is -2.90. The summed E-state index contributed by atoms with van der Waals surface area (Å²) in [7, 11) is 0. The van der Waals surface area contributed by atoms with Crippen molar-refractivity contribution in [3.05, 3.63) is 58.3 Å². The Morgan fingerprint density at radius 3 is 2.43 bits per heavy atom. The fourth-order valence-electron chi connectivity index (χ4n) is 3.66. The van der Waals surface area contributed by atoms with Crippen LogP contribution in [0, 0.1) is 6.92 Å². The second kappa shape index (κ2) is 7.74. The van der Waals surface area contributed by atoms with Gasteiger partial charge in [-0.2, -0.15) is 9.78 Å². The van der Waals surface area contributed by atoms with Crippen molar-refractivity contribution in [2.45, 2.75) is 19.8 Å². The first-order valence-corrected chi connectivity index (χ1v) is 10.5. The monoisotopic (exact) mass is 439 g/mol. The summed E-state index contributed by atoms with van der Waals surface area (Å²) < 4.78 is 1.67. The van der Waals surface area contributed by atoms with Gasteiger partial charge in [0.05, 0.1) is 26.8 Å². The predicted octanol–water partition coefficient (Wildman–Crippen LogP) is 5.17. The van der Waals surface area contributed by atoms with Gasteiger partial charge in [-0.3, -0.25) is 0 Å². The van der Waals surface area contributed by atoms with E-state index in [2.05, 4.69) is 20.3 Å². The number of nitrogens with one attached hydrogen (secondary N) is 1. The van der Waals surface area contributed by atoms with E-state index >= 15 is 0 Å². The lowest BCUT2D eigenvalue weighted by Gasteiger charge is -2.20. The van der Waals surface area contributed by atoms with E-state index in [1.54, 1.807) is 16.9 Å². The number of halogens is 2. The van der Waals surface area contributed by atoms with Crippen LogP contribution < -0.4 is 10.2 Å². The lowest BCUT2D eigenvalue weighted by Crippen LogP contribution is -2.21. The number of pyridine rings is 1. The maximum Gasteiger partial charge on any atom is 0.175 e. The summed E-state index contributed by atoms with van der Waals surface area (Å²) in [6, 6.07) is 11.5. The standard InChI is InChI=1S/C21H19Cl2N7/c1-13-10-18(30(28-13)20-15(23)11-14(22)12-24-20)27-19-21(29-8-4-5-9-29)26-17-7-3-2-6-16(17)25-19/h2-3,6-7,10-12H,4-5,8-9H2,1H3,(H,25,27). The third-order valence-corrected chi connectivity index (χ3v) is 5.51. The Bertz CT molecular complexity index is 1230. The van der Waals surface area contributed by atoms with E-state index in [-0.39, 0.29) is 0 Å². The molecule has 0 saturated carbocycles. The number of anilines is 3. The number of hydrogen-bond donors (Lipinski definition) is 1. The number of fused-ring (bicyclic) bond motifs is 1. The molecular formula is C21H19Cl2N7. The minimum absolute atomic E-state index is 0.415. The SMILES string of the molecule is Cc1cc(Nc2nc3ccccc3nc2N2CCCC2)n(-c2ncc(Cl)cc2Cl)n1. The number of benzene rings is 1. The van der Waals surface area contributed by atoms with Crippen LogP contribution >= 0.6 is 23.2 Å². The molecule has 4 aromatic rings. The van der Waals surface area contributed by atoms with Gasteiger partial charge in [-0.25, -0.2) is 15.0 Å². The number of rotatable bonds is 4. The molecule has 4 heterocycles. The van der Waals surface area contributed by atoms with Gasteiger partial charge in [0.15, 0.2) is 17.5 Å². The lowest BCUT2D eigenvalue weighted by molar-refractivity contribution is 0.838. The highest BCUT2D eigenvalue weighted by atomic mass is 35.5. The van der Waals surface area contributed by atoms with Crippen molar-refractivity contribution in [2.75, 3.05) is 23.3 Å². The van der Waals surface area contributed by atoms with Gasteiger partial charge in [0.1, 0.15) is 5.82 Å². The number of aromatic nitrogens is 5. The Labute approximate surface area is 183 Å². The van der Waals surface area contributed by atoms with Crippen molar-refractivity contribution in [1.82, 2.24) is 24.7 Å². The van der Waals surface area contributed by atoms with Gasteiger partial charge in [-0.05, 0) is 38.0 Å². The molecule has 1 aromatic carbocycles. The highest BCUT2D eigenvalue weighted by molar-refractivity contribution is 6.35. The molecule has 0 aliphatic carbocycles. The molecule has 7 nitrogen and oxygen atoms in total. The van der Waals surface area contributed by atoms with E-state index < -0.39 is 0 Å². The fourth-order valence-corrected chi connectivity index (χ4v) is 4.12.